The molecule has 0 unspecified atom stereocenters. The Morgan fingerprint density at radius 2 is 1.91 bits per heavy atom. The van der Waals surface area contributed by atoms with Crippen LogP contribution in [0, 0.1) is 0 Å². The van der Waals surface area contributed by atoms with Gasteiger partial charge in [0, 0.05) is 24.4 Å². The number of alkyl carbamates (subject to hydrolysis) is 1. The van der Waals surface area contributed by atoms with Crippen LogP contribution in [0.15, 0.2) is 60.8 Å². The molecule has 1 aliphatic carbocycles. The first-order valence-electron chi connectivity index (χ1n) is 11.4. The summed E-state index contributed by atoms with van der Waals surface area (Å²) < 4.78 is 5.66. The molecule has 1 fully saturated rings. The van der Waals surface area contributed by atoms with Crippen LogP contribution in [0.3, 0.4) is 0 Å². The first-order valence-corrected chi connectivity index (χ1v) is 11.7. The number of hydrogen-bond acceptors (Lipinski definition) is 6. The predicted octanol–water partition coefficient (Wildman–Crippen LogP) is 5.32. The van der Waals surface area contributed by atoms with Crippen molar-refractivity contribution in [3.63, 3.8) is 0 Å². The van der Waals surface area contributed by atoms with Gasteiger partial charge in [0.2, 0.25) is 5.95 Å². The van der Waals surface area contributed by atoms with E-state index in [0.29, 0.717) is 35.3 Å². The molecule has 0 bridgehead atoms. The minimum absolute atomic E-state index is 0.0885. The Bertz CT molecular complexity index is 1280. The third-order valence-corrected chi connectivity index (χ3v) is 6.23. The zero-order chi connectivity index (χ0) is 23.3. The normalized spacial score (nSPS) is 17.9. The van der Waals surface area contributed by atoms with Crippen LogP contribution in [0.2, 0.25) is 5.02 Å². The molecule has 2 aromatic carbocycles. The molecule has 0 saturated heterocycles. The van der Waals surface area contributed by atoms with Gasteiger partial charge in [0.1, 0.15) is 17.5 Å². The van der Waals surface area contributed by atoms with Gasteiger partial charge in [-0.3, -0.25) is 5.10 Å². The summed E-state index contributed by atoms with van der Waals surface area (Å²) in [4.78, 5) is 21.3. The topological polar surface area (TPSA) is 105 Å². The summed E-state index contributed by atoms with van der Waals surface area (Å²) in [6.45, 7) is 0.442. The van der Waals surface area contributed by atoms with Crippen molar-refractivity contribution >= 4 is 34.5 Å². The molecule has 5 rings (SSSR count). The van der Waals surface area contributed by atoms with Crippen molar-refractivity contribution in [2.75, 3.05) is 5.32 Å². The molecule has 1 aliphatic rings. The highest BCUT2D eigenvalue weighted by Crippen LogP contribution is 2.31. The van der Waals surface area contributed by atoms with E-state index in [9.17, 15) is 4.79 Å². The maximum absolute atomic E-state index is 12.3. The first-order chi connectivity index (χ1) is 16.7. The number of halogens is 1. The minimum atomic E-state index is -0.398. The molecule has 1 amide bonds. The van der Waals surface area contributed by atoms with Crippen LogP contribution in [0.5, 0.6) is 0 Å². The number of aromatic nitrogens is 4. The van der Waals surface area contributed by atoms with Gasteiger partial charge in [-0.05, 0) is 30.9 Å². The van der Waals surface area contributed by atoms with Crippen molar-refractivity contribution in [1.29, 1.82) is 0 Å². The summed E-state index contributed by atoms with van der Waals surface area (Å²) in [6, 6.07) is 17.7. The quantitative estimate of drug-likeness (QED) is 0.347. The molecule has 1 saturated carbocycles. The number of carbonyl (C=O) groups excluding carboxylic acids is 1. The van der Waals surface area contributed by atoms with Gasteiger partial charge in [0.15, 0.2) is 0 Å². The Morgan fingerprint density at radius 1 is 1.09 bits per heavy atom. The number of ether oxygens (including phenoxy) is 1. The Morgan fingerprint density at radius 3 is 2.79 bits per heavy atom. The van der Waals surface area contributed by atoms with Crippen LogP contribution in [-0.4, -0.2) is 38.4 Å². The summed E-state index contributed by atoms with van der Waals surface area (Å²) in [5.74, 6) is 0.477. The number of H-pyrrole nitrogens is 1. The van der Waals surface area contributed by atoms with Crippen LogP contribution >= 0.6 is 11.6 Å². The number of aromatic amines is 1. The van der Waals surface area contributed by atoms with Crippen molar-refractivity contribution in [2.24, 2.45) is 0 Å². The lowest BCUT2D eigenvalue weighted by Gasteiger charge is -2.29. The largest absolute Gasteiger partial charge is 0.446 e. The fraction of sp³-hybridized carbons (Fsp3) is 0.280. The summed E-state index contributed by atoms with van der Waals surface area (Å²) >= 11 is 6.41. The number of fused-ring (bicyclic) bond motifs is 1. The summed E-state index contributed by atoms with van der Waals surface area (Å²) in [5.41, 5.74) is 3.20. The van der Waals surface area contributed by atoms with Crippen molar-refractivity contribution in [2.45, 2.75) is 44.4 Å². The van der Waals surface area contributed by atoms with Crippen LogP contribution in [0.1, 0.15) is 31.2 Å². The molecule has 2 atom stereocenters. The van der Waals surface area contributed by atoms with Gasteiger partial charge in [0.05, 0.1) is 16.7 Å². The van der Waals surface area contributed by atoms with Gasteiger partial charge in [-0.15, -0.1) is 0 Å². The second-order valence-corrected chi connectivity index (χ2v) is 8.79. The number of benzene rings is 2. The van der Waals surface area contributed by atoms with Crippen LogP contribution in [-0.2, 0) is 11.3 Å². The highest BCUT2D eigenvalue weighted by molar-refractivity contribution is 6.33. The number of anilines is 1. The predicted molar refractivity (Wildman–Crippen MR) is 132 cm³/mol. The Balaban J connectivity index is 1.21. The maximum atomic E-state index is 12.3. The molecule has 8 nitrogen and oxygen atoms in total. The molecular formula is C25H25ClN6O2. The second kappa shape index (κ2) is 10.1. The molecule has 4 aromatic rings. The van der Waals surface area contributed by atoms with Gasteiger partial charge in [-0.1, -0.05) is 60.1 Å². The van der Waals surface area contributed by atoms with E-state index in [1.54, 1.807) is 6.20 Å². The van der Waals surface area contributed by atoms with Crippen molar-refractivity contribution in [3.05, 3.63) is 71.4 Å². The average Bonchev–Trinajstić information content (AvgIpc) is 3.29. The van der Waals surface area contributed by atoms with E-state index in [1.807, 2.05) is 54.6 Å². The Labute approximate surface area is 202 Å². The van der Waals surface area contributed by atoms with E-state index in [2.05, 4.69) is 30.8 Å². The smallest absolute Gasteiger partial charge is 0.407 e. The molecule has 3 N–H and O–H groups in total. The van der Waals surface area contributed by atoms with Gasteiger partial charge in [0.25, 0.3) is 0 Å². The lowest BCUT2D eigenvalue weighted by atomic mass is 9.93. The van der Waals surface area contributed by atoms with E-state index in [0.717, 1.165) is 35.7 Å². The van der Waals surface area contributed by atoms with Gasteiger partial charge >= 0.3 is 6.09 Å². The molecule has 0 aliphatic heterocycles. The standard InChI is InChI=1S/C25H25ClN6O2/c26-20-15-27-24(30-23(20)22-19-11-4-5-12-21(19)31-32-22)29-17-9-6-10-18(13-17)34-25(33)28-14-16-7-2-1-3-8-16/h1-5,7-8,11-12,15,17-18H,6,9-10,13-14H2,(H,28,33)(H,31,32)(H,27,29,30)/t17-,18+/m1/s1. The van der Waals surface area contributed by atoms with E-state index in [4.69, 9.17) is 16.3 Å². The van der Waals surface area contributed by atoms with Crippen molar-refractivity contribution in [1.82, 2.24) is 25.5 Å². The second-order valence-electron chi connectivity index (χ2n) is 8.38. The lowest BCUT2D eigenvalue weighted by Crippen LogP contribution is -2.36. The third-order valence-electron chi connectivity index (χ3n) is 5.95. The Kier molecular flexibility index (Phi) is 6.58. The monoisotopic (exact) mass is 476 g/mol. The number of nitrogens with one attached hydrogen (secondary N) is 3. The Hall–Kier alpha value is -3.65. The van der Waals surface area contributed by atoms with Crippen LogP contribution < -0.4 is 10.6 Å². The fourth-order valence-corrected chi connectivity index (χ4v) is 4.46. The minimum Gasteiger partial charge on any atom is -0.446 e. The number of amides is 1. The molecule has 34 heavy (non-hydrogen) atoms. The van der Waals surface area contributed by atoms with E-state index in [-0.39, 0.29) is 12.1 Å². The van der Waals surface area contributed by atoms with Crippen molar-refractivity contribution < 1.29 is 9.53 Å². The highest BCUT2D eigenvalue weighted by Gasteiger charge is 2.26. The molecular weight excluding hydrogens is 452 g/mol. The molecule has 174 valence electrons. The fourth-order valence-electron chi connectivity index (χ4n) is 4.28. The first kappa shape index (κ1) is 22.2. The molecule has 2 aromatic heterocycles. The average molecular weight is 477 g/mol. The number of para-hydroxylation sites is 1. The van der Waals surface area contributed by atoms with Gasteiger partial charge in [-0.2, -0.15) is 5.10 Å². The molecule has 2 heterocycles. The molecule has 9 heteroatoms. The molecule has 0 spiro atoms. The summed E-state index contributed by atoms with van der Waals surface area (Å²) in [7, 11) is 0. The zero-order valence-corrected chi connectivity index (χ0v) is 19.3. The highest BCUT2D eigenvalue weighted by atomic mass is 35.5. The lowest BCUT2D eigenvalue weighted by molar-refractivity contribution is 0.0719. The van der Waals surface area contributed by atoms with E-state index < -0.39 is 6.09 Å². The van der Waals surface area contributed by atoms with Gasteiger partial charge in [-0.25, -0.2) is 14.8 Å². The van der Waals surface area contributed by atoms with E-state index in [1.165, 1.54) is 0 Å². The summed E-state index contributed by atoms with van der Waals surface area (Å²) in [5, 5.41) is 15.0. The van der Waals surface area contributed by atoms with Crippen molar-refractivity contribution in [3.8, 4) is 11.4 Å². The van der Waals surface area contributed by atoms with E-state index >= 15 is 0 Å². The van der Waals surface area contributed by atoms with Gasteiger partial charge < -0.3 is 15.4 Å². The number of hydrogen-bond donors (Lipinski definition) is 3. The SMILES string of the molecule is O=C(NCc1ccccc1)O[C@H]1CCC[C@@H](Nc2ncc(Cl)c(-c3n[nH]c4ccccc34)n2)C1. The number of carbonyl (C=O) groups is 1. The zero-order valence-electron chi connectivity index (χ0n) is 18.5. The number of rotatable bonds is 6. The van der Waals surface area contributed by atoms with Crippen LogP contribution in [0.25, 0.3) is 22.3 Å². The maximum Gasteiger partial charge on any atom is 0.407 e. The van der Waals surface area contributed by atoms with Crippen LogP contribution in [0.4, 0.5) is 10.7 Å². The third kappa shape index (κ3) is 5.12. The summed E-state index contributed by atoms with van der Waals surface area (Å²) in [6.07, 6.45) is 4.43. The molecule has 0 radical (unpaired) electrons. The number of nitrogens with zero attached hydrogens (tertiary/aromatic N) is 3.